The first-order chi connectivity index (χ1) is 9.43. The lowest BCUT2D eigenvalue weighted by Gasteiger charge is -2.17. The molecule has 20 heavy (non-hydrogen) atoms. The molecule has 0 aromatic heterocycles. The van der Waals surface area contributed by atoms with Crippen molar-refractivity contribution in [2.24, 2.45) is 5.41 Å². The van der Waals surface area contributed by atoms with Gasteiger partial charge < -0.3 is 14.6 Å². The predicted octanol–water partition coefficient (Wildman–Crippen LogP) is 3.66. The van der Waals surface area contributed by atoms with E-state index >= 15 is 0 Å². The molecule has 1 N–H and O–H groups in total. The van der Waals surface area contributed by atoms with Crippen LogP contribution in [0.1, 0.15) is 32.3 Å². The number of hydrogen-bond acceptors (Lipinski definition) is 4. The number of ether oxygens (including phenoxy) is 2. The summed E-state index contributed by atoms with van der Waals surface area (Å²) in [5.74, 6) is 1.21. The maximum atomic E-state index is 9.16. The molecular weight excluding hydrogens is 322 g/mol. The summed E-state index contributed by atoms with van der Waals surface area (Å²) in [6.07, 6.45) is 1.57. The van der Waals surface area contributed by atoms with Crippen LogP contribution >= 0.6 is 15.9 Å². The maximum absolute atomic E-state index is 9.16. The van der Waals surface area contributed by atoms with Gasteiger partial charge in [0.25, 0.3) is 0 Å². The van der Waals surface area contributed by atoms with Crippen molar-refractivity contribution in [2.75, 3.05) is 13.7 Å². The third-order valence-corrected chi connectivity index (χ3v) is 3.56. The summed E-state index contributed by atoms with van der Waals surface area (Å²) in [5.41, 5.74) is 0.428. The van der Waals surface area contributed by atoms with Gasteiger partial charge in [-0.25, -0.2) is 0 Å². The molecule has 0 heterocycles. The lowest BCUT2D eigenvalue weighted by atomic mass is 9.90. The zero-order chi connectivity index (χ0) is 15.2. The van der Waals surface area contributed by atoms with E-state index in [2.05, 4.69) is 22.0 Å². The maximum Gasteiger partial charge on any atom is 0.175 e. The molecule has 110 valence electrons. The third kappa shape index (κ3) is 4.69. The highest BCUT2D eigenvalue weighted by molar-refractivity contribution is 9.10. The Labute approximate surface area is 128 Å². The predicted molar refractivity (Wildman–Crippen MR) is 80.7 cm³/mol. The van der Waals surface area contributed by atoms with Crippen molar-refractivity contribution >= 4 is 15.9 Å². The molecule has 0 aliphatic heterocycles. The zero-order valence-corrected chi connectivity index (χ0v) is 13.7. The van der Waals surface area contributed by atoms with Crippen LogP contribution in [0.15, 0.2) is 16.6 Å². The van der Waals surface area contributed by atoms with Crippen LogP contribution in [0.2, 0.25) is 0 Å². The van der Waals surface area contributed by atoms with Gasteiger partial charge in [0.2, 0.25) is 0 Å². The summed E-state index contributed by atoms with van der Waals surface area (Å²) in [4.78, 5) is 0. The van der Waals surface area contributed by atoms with Gasteiger partial charge in [0.15, 0.2) is 11.5 Å². The monoisotopic (exact) mass is 341 g/mol. The fraction of sp³-hybridized carbons (Fsp3) is 0.533. The van der Waals surface area contributed by atoms with E-state index < -0.39 is 0 Å². The van der Waals surface area contributed by atoms with Crippen LogP contribution in [0, 0.1) is 16.7 Å². The van der Waals surface area contributed by atoms with Crippen LogP contribution in [-0.2, 0) is 6.61 Å². The van der Waals surface area contributed by atoms with Gasteiger partial charge in [0.1, 0.15) is 0 Å². The number of aliphatic hydroxyl groups excluding tert-OH is 1. The lowest BCUT2D eigenvalue weighted by Crippen LogP contribution is -2.10. The van der Waals surface area contributed by atoms with Gasteiger partial charge in [-0.05, 0) is 60.3 Å². The molecule has 0 amide bonds. The van der Waals surface area contributed by atoms with Crippen molar-refractivity contribution in [3.05, 3.63) is 22.2 Å². The van der Waals surface area contributed by atoms with Crippen LogP contribution < -0.4 is 9.47 Å². The Balaban J connectivity index is 2.67. The fourth-order valence-electron chi connectivity index (χ4n) is 1.75. The molecule has 1 rings (SSSR count). The van der Waals surface area contributed by atoms with E-state index in [-0.39, 0.29) is 12.0 Å². The van der Waals surface area contributed by atoms with E-state index in [9.17, 15) is 0 Å². The van der Waals surface area contributed by atoms with E-state index in [1.807, 2.05) is 13.8 Å². The number of nitrogens with zero attached hydrogens (tertiary/aromatic N) is 1. The van der Waals surface area contributed by atoms with Crippen molar-refractivity contribution in [3.63, 3.8) is 0 Å². The first kappa shape index (κ1) is 16.8. The highest BCUT2D eigenvalue weighted by Gasteiger charge is 2.16. The second-order valence-electron chi connectivity index (χ2n) is 5.21. The minimum Gasteiger partial charge on any atom is -0.493 e. The van der Waals surface area contributed by atoms with E-state index in [0.29, 0.717) is 18.1 Å². The number of nitriles is 1. The van der Waals surface area contributed by atoms with E-state index in [1.165, 1.54) is 0 Å². The molecule has 0 bridgehead atoms. The topological polar surface area (TPSA) is 62.5 Å². The number of hydrogen-bond donors (Lipinski definition) is 1. The van der Waals surface area contributed by atoms with E-state index in [4.69, 9.17) is 19.8 Å². The molecule has 4 nitrogen and oxygen atoms in total. The van der Waals surface area contributed by atoms with E-state index in [1.54, 1.807) is 19.2 Å². The molecule has 0 unspecified atom stereocenters. The number of methoxy groups -OCH3 is 1. The van der Waals surface area contributed by atoms with Gasteiger partial charge in [-0.2, -0.15) is 5.26 Å². The Hall–Kier alpha value is -1.25. The second kappa shape index (κ2) is 7.51. The number of halogens is 1. The SMILES string of the molecule is COc1cc(CO)cc(Br)c1OCCCC(C)(C)C#N. The summed E-state index contributed by atoms with van der Waals surface area (Å²) >= 11 is 3.42. The average Bonchev–Trinajstić information content (AvgIpc) is 2.44. The molecule has 0 saturated heterocycles. The van der Waals surface area contributed by atoms with Gasteiger partial charge >= 0.3 is 0 Å². The van der Waals surface area contributed by atoms with Gasteiger partial charge in [-0.1, -0.05) is 0 Å². The van der Waals surface area contributed by atoms with Gasteiger partial charge in [0, 0.05) is 0 Å². The Morgan fingerprint density at radius 1 is 1.40 bits per heavy atom. The highest BCUT2D eigenvalue weighted by atomic mass is 79.9. The quantitative estimate of drug-likeness (QED) is 0.768. The Bertz CT molecular complexity index is 495. The Kier molecular flexibility index (Phi) is 6.31. The van der Waals surface area contributed by atoms with Crippen molar-refractivity contribution in [2.45, 2.75) is 33.3 Å². The van der Waals surface area contributed by atoms with Gasteiger partial charge in [-0.3, -0.25) is 0 Å². The second-order valence-corrected chi connectivity index (χ2v) is 6.07. The highest BCUT2D eigenvalue weighted by Crippen LogP contribution is 2.37. The fourth-order valence-corrected chi connectivity index (χ4v) is 2.35. The first-order valence-electron chi connectivity index (χ1n) is 6.45. The van der Waals surface area contributed by atoms with Crippen molar-refractivity contribution in [1.82, 2.24) is 0 Å². The van der Waals surface area contributed by atoms with Crippen LogP contribution in [0.4, 0.5) is 0 Å². The molecule has 0 saturated carbocycles. The van der Waals surface area contributed by atoms with Gasteiger partial charge in [-0.15, -0.1) is 0 Å². The third-order valence-electron chi connectivity index (χ3n) is 2.97. The minimum atomic E-state index is -0.328. The zero-order valence-electron chi connectivity index (χ0n) is 12.1. The molecule has 0 aliphatic carbocycles. The summed E-state index contributed by atoms with van der Waals surface area (Å²) < 4.78 is 11.8. The lowest BCUT2D eigenvalue weighted by molar-refractivity contribution is 0.264. The van der Waals surface area contributed by atoms with Crippen molar-refractivity contribution in [1.29, 1.82) is 5.26 Å². The van der Waals surface area contributed by atoms with Crippen LogP contribution in [0.5, 0.6) is 11.5 Å². The number of aliphatic hydroxyl groups is 1. The van der Waals surface area contributed by atoms with Crippen LogP contribution in [-0.4, -0.2) is 18.8 Å². The van der Waals surface area contributed by atoms with Crippen molar-refractivity contribution < 1.29 is 14.6 Å². The van der Waals surface area contributed by atoms with Crippen molar-refractivity contribution in [3.8, 4) is 17.6 Å². The summed E-state index contributed by atoms with van der Waals surface area (Å²) in [7, 11) is 1.56. The van der Waals surface area contributed by atoms with Crippen LogP contribution in [0.25, 0.3) is 0 Å². The smallest absolute Gasteiger partial charge is 0.175 e. The Morgan fingerprint density at radius 2 is 2.10 bits per heavy atom. The molecule has 5 heteroatoms. The van der Waals surface area contributed by atoms with E-state index in [0.717, 1.165) is 22.9 Å². The molecule has 1 aromatic rings. The number of rotatable bonds is 7. The summed E-state index contributed by atoms with van der Waals surface area (Å²) in [6.45, 7) is 4.29. The first-order valence-corrected chi connectivity index (χ1v) is 7.24. The molecule has 0 atom stereocenters. The minimum absolute atomic E-state index is 0.0500. The summed E-state index contributed by atoms with van der Waals surface area (Å²) in [6, 6.07) is 5.82. The molecule has 0 aliphatic rings. The standard InChI is InChI=1S/C15H20BrNO3/c1-15(2,10-17)5-4-6-20-14-12(16)7-11(9-18)8-13(14)19-3/h7-8,18H,4-6,9H2,1-3H3. The normalized spacial score (nSPS) is 11.0. The summed E-state index contributed by atoms with van der Waals surface area (Å²) in [5, 5.41) is 18.1. The molecule has 0 fully saturated rings. The van der Waals surface area contributed by atoms with Gasteiger partial charge in [0.05, 0.1) is 36.3 Å². The molecule has 0 radical (unpaired) electrons. The molecule has 0 spiro atoms. The van der Waals surface area contributed by atoms with Crippen LogP contribution in [0.3, 0.4) is 0 Å². The average molecular weight is 342 g/mol. The molecule has 1 aromatic carbocycles. The Morgan fingerprint density at radius 3 is 2.65 bits per heavy atom. The number of benzene rings is 1. The molecular formula is C15H20BrNO3. The largest absolute Gasteiger partial charge is 0.493 e.